The van der Waals surface area contributed by atoms with Crippen LogP contribution in [-0.4, -0.2) is 25.7 Å². The molecule has 1 aromatic carbocycles. The number of rotatable bonds is 5. The van der Waals surface area contributed by atoms with Crippen molar-refractivity contribution in [1.82, 2.24) is 0 Å². The van der Waals surface area contributed by atoms with Gasteiger partial charge in [0, 0.05) is 12.5 Å². The van der Waals surface area contributed by atoms with E-state index in [2.05, 4.69) is 16.9 Å². The fourth-order valence-electron chi connectivity index (χ4n) is 2.23. The van der Waals surface area contributed by atoms with Gasteiger partial charge < -0.3 is 15.2 Å². The topological polar surface area (TPSA) is 61.5 Å². The molecule has 1 aromatic rings. The molecule has 2 N–H and O–H groups in total. The number of nitrogens with two attached hydrogens (primary N) is 1. The number of benzene rings is 1. The van der Waals surface area contributed by atoms with Crippen LogP contribution in [0.25, 0.3) is 0 Å². The van der Waals surface area contributed by atoms with Gasteiger partial charge in [0.15, 0.2) is 0 Å². The third-order valence-corrected chi connectivity index (χ3v) is 3.16. The Morgan fingerprint density at radius 3 is 2.94 bits per heavy atom. The van der Waals surface area contributed by atoms with Gasteiger partial charge in [-0.2, -0.15) is 0 Å². The van der Waals surface area contributed by atoms with E-state index in [-0.39, 0.29) is 12.0 Å². The molecule has 0 saturated heterocycles. The van der Waals surface area contributed by atoms with Crippen molar-refractivity contribution >= 4 is 5.97 Å². The zero-order chi connectivity index (χ0) is 13.0. The fourth-order valence-corrected chi connectivity index (χ4v) is 2.23. The number of methoxy groups -OCH3 is 1. The molecular weight excluding hydrogens is 230 g/mol. The van der Waals surface area contributed by atoms with E-state index < -0.39 is 0 Å². The van der Waals surface area contributed by atoms with Crippen molar-refractivity contribution in [2.75, 3.05) is 13.7 Å². The smallest absolute Gasteiger partial charge is 0.305 e. The lowest BCUT2D eigenvalue weighted by molar-refractivity contribution is -0.140. The maximum Gasteiger partial charge on any atom is 0.305 e. The van der Waals surface area contributed by atoms with Crippen LogP contribution in [-0.2, 0) is 22.4 Å². The van der Waals surface area contributed by atoms with Gasteiger partial charge in [0.05, 0.1) is 13.7 Å². The highest BCUT2D eigenvalue weighted by atomic mass is 16.5. The number of esters is 1. The molecule has 1 atom stereocenters. The second kappa shape index (κ2) is 5.87. The van der Waals surface area contributed by atoms with Crippen LogP contribution in [0.15, 0.2) is 18.2 Å². The monoisotopic (exact) mass is 249 g/mol. The Kier molecular flexibility index (Phi) is 4.20. The average molecular weight is 249 g/mol. The Morgan fingerprint density at radius 1 is 1.39 bits per heavy atom. The Balaban J connectivity index is 1.81. The summed E-state index contributed by atoms with van der Waals surface area (Å²) in [4.78, 5) is 10.9. The van der Waals surface area contributed by atoms with E-state index in [0.717, 1.165) is 18.6 Å². The van der Waals surface area contributed by atoms with Gasteiger partial charge in [0.1, 0.15) is 5.75 Å². The molecule has 0 radical (unpaired) electrons. The molecule has 4 heteroatoms. The minimum atomic E-state index is -0.196. The van der Waals surface area contributed by atoms with E-state index in [9.17, 15) is 4.79 Å². The lowest BCUT2D eigenvalue weighted by Gasteiger charge is -2.07. The predicted molar refractivity (Wildman–Crippen MR) is 68.6 cm³/mol. The zero-order valence-electron chi connectivity index (χ0n) is 10.6. The molecule has 2 rings (SSSR count). The van der Waals surface area contributed by atoms with E-state index in [0.29, 0.717) is 19.4 Å². The normalized spacial score (nSPS) is 17.3. The molecule has 0 amide bonds. The van der Waals surface area contributed by atoms with Crippen molar-refractivity contribution in [3.63, 3.8) is 0 Å². The third-order valence-electron chi connectivity index (χ3n) is 3.16. The largest absolute Gasteiger partial charge is 0.494 e. The van der Waals surface area contributed by atoms with Gasteiger partial charge in [0.25, 0.3) is 0 Å². The Hall–Kier alpha value is -1.55. The van der Waals surface area contributed by atoms with Gasteiger partial charge in [-0.05, 0) is 42.5 Å². The summed E-state index contributed by atoms with van der Waals surface area (Å²) >= 11 is 0. The van der Waals surface area contributed by atoms with Crippen molar-refractivity contribution in [2.24, 2.45) is 5.73 Å². The summed E-state index contributed by atoms with van der Waals surface area (Å²) in [5, 5.41) is 0. The lowest BCUT2D eigenvalue weighted by Crippen LogP contribution is -2.18. The predicted octanol–water partition coefficient (Wildman–Crippen LogP) is 1.44. The molecule has 98 valence electrons. The van der Waals surface area contributed by atoms with E-state index in [1.807, 2.05) is 6.07 Å². The summed E-state index contributed by atoms with van der Waals surface area (Å²) in [6.07, 6.45) is 2.95. The van der Waals surface area contributed by atoms with Gasteiger partial charge >= 0.3 is 5.97 Å². The van der Waals surface area contributed by atoms with Crippen LogP contribution in [0, 0.1) is 0 Å². The van der Waals surface area contributed by atoms with Crippen LogP contribution < -0.4 is 10.5 Å². The molecule has 0 heterocycles. The highest BCUT2D eigenvalue weighted by Gasteiger charge is 2.18. The van der Waals surface area contributed by atoms with Crippen LogP contribution in [0.1, 0.15) is 24.0 Å². The number of ether oxygens (including phenoxy) is 2. The molecule has 4 nitrogen and oxygen atoms in total. The number of carbonyl (C=O) groups is 1. The van der Waals surface area contributed by atoms with Crippen molar-refractivity contribution in [2.45, 2.75) is 31.7 Å². The SMILES string of the molecule is COC(=O)CCCOc1ccc2c(c1)CC(N)C2. The van der Waals surface area contributed by atoms with Crippen LogP contribution in [0.3, 0.4) is 0 Å². The minimum absolute atomic E-state index is 0.196. The van der Waals surface area contributed by atoms with Gasteiger partial charge in [-0.15, -0.1) is 0 Å². The first kappa shape index (κ1) is 12.9. The summed E-state index contributed by atoms with van der Waals surface area (Å²) in [6.45, 7) is 0.528. The first-order valence-corrected chi connectivity index (χ1v) is 6.26. The lowest BCUT2D eigenvalue weighted by atomic mass is 10.1. The second-order valence-electron chi connectivity index (χ2n) is 4.63. The van der Waals surface area contributed by atoms with E-state index >= 15 is 0 Å². The highest BCUT2D eigenvalue weighted by molar-refractivity contribution is 5.69. The Morgan fingerprint density at radius 2 is 2.17 bits per heavy atom. The number of hydrogen-bond donors (Lipinski definition) is 1. The van der Waals surface area contributed by atoms with Crippen molar-refractivity contribution < 1.29 is 14.3 Å². The fraction of sp³-hybridized carbons (Fsp3) is 0.500. The molecule has 1 aliphatic carbocycles. The molecular formula is C14H19NO3. The number of carbonyl (C=O) groups excluding carboxylic acids is 1. The van der Waals surface area contributed by atoms with E-state index in [4.69, 9.17) is 10.5 Å². The third kappa shape index (κ3) is 3.23. The zero-order valence-corrected chi connectivity index (χ0v) is 10.6. The summed E-state index contributed by atoms with van der Waals surface area (Å²) in [5.74, 6) is 0.659. The molecule has 0 bridgehead atoms. The maximum atomic E-state index is 10.9. The van der Waals surface area contributed by atoms with Crippen molar-refractivity contribution in [3.8, 4) is 5.75 Å². The van der Waals surface area contributed by atoms with Crippen LogP contribution >= 0.6 is 0 Å². The summed E-state index contributed by atoms with van der Waals surface area (Å²) < 4.78 is 10.2. The van der Waals surface area contributed by atoms with Crippen LogP contribution in [0.4, 0.5) is 0 Å². The second-order valence-corrected chi connectivity index (χ2v) is 4.63. The summed E-state index contributed by atoms with van der Waals surface area (Å²) in [6, 6.07) is 6.35. The Labute approximate surface area is 107 Å². The first-order valence-electron chi connectivity index (χ1n) is 6.26. The molecule has 1 unspecified atom stereocenters. The number of fused-ring (bicyclic) bond motifs is 1. The van der Waals surface area contributed by atoms with Gasteiger partial charge in [-0.25, -0.2) is 0 Å². The molecule has 0 saturated carbocycles. The van der Waals surface area contributed by atoms with Crippen LogP contribution in [0.5, 0.6) is 5.75 Å². The standard InChI is InChI=1S/C14H19NO3/c1-17-14(16)3-2-6-18-13-5-4-10-7-12(15)8-11(10)9-13/h4-5,9,12H,2-3,6-8,15H2,1H3. The molecule has 0 aliphatic heterocycles. The molecule has 18 heavy (non-hydrogen) atoms. The minimum Gasteiger partial charge on any atom is -0.494 e. The highest BCUT2D eigenvalue weighted by Crippen LogP contribution is 2.25. The van der Waals surface area contributed by atoms with Gasteiger partial charge in [-0.1, -0.05) is 6.07 Å². The quantitative estimate of drug-likeness (QED) is 0.633. The summed E-state index contributed by atoms with van der Waals surface area (Å²) in [5.41, 5.74) is 8.52. The van der Waals surface area contributed by atoms with Crippen molar-refractivity contribution in [3.05, 3.63) is 29.3 Å². The maximum absolute atomic E-state index is 10.9. The first-order chi connectivity index (χ1) is 8.69. The van der Waals surface area contributed by atoms with E-state index in [1.165, 1.54) is 18.2 Å². The molecule has 0 aromatic heterocycles. The van der Waals surface area contributed by atoms with Crippen molar-refractivity contribution in [1.29, 1.82) is 0 Å². The van der Waals surface area contributed by atoms with Crippen LogP contribution in [0.2, 0.25) is 0 Å². The Bertz CT molecular complexity index is 431. The molecule has 1 aliphatic rings. The average Bonchev–Trinajstić information content (AvgIpc) is 2.73. The van der Waals surface area contributed by atoms with E-state index in [1.54, 1.807) is 0 Å². The summed E-state index contributed by atoms with van der Waals surface area (Å²) in [7, 11) is 1.40. The molecule has 0 spiro atoms. The molecule has 0 fully saturated rings. The van der Waals surface area contributed by atoms with Gasteiger partial charge in [0.2, 0.25) is 0 Å². The number of hydrogen-bond acceptors (Lipinski definition) is 4. The van der Waals surface area contributed by atoms with Gasteiger partial charge in [-0.3, -0.25) is 4.79 Å².